The molecule has 0 heterocycles. The van der Waals surface area contributed by atoms with Crippen LogP contribution in [0, 0.1) is 11.3 Å². The maximum Gasteiger partial charge on any atom is 0.234 e. The number of halogens is 1. The normalized spacial score (nSPS) is 10.4. The van der Waals surface area contributed by atoms with Crippen LogP contribution in [0.3, 0.4) is 0 Å². The minimum Gasteiger partial charge on any atom is -0.489 e. The summed E-state index contributed by atoms with van der Waals surface area (Å²) in [6.45, 7) is 0.863. The SMILES string of the molecule is N#CCC(=O)NCCc1cc(Cl)ccc1OCc1cccc2ccccc12. The van der Waals surface area contributed by atoms with E-state index >= 15 is 0 Å². The van der Waals surface area contributed by atoms with Gasteiger partial charge in [-0.15, -0.1) is 0 Å². The third-order valence-corrected chi connectivity index (χ3v) is 4.48. The van der Waals surface area contributed by atoms with Gasteiger partial charge in [0.1, 0.15) is 18.8 Å². The van der Waals surface area contributed by atoms with Crippen molar-refractivity contribution in [3.8, 4) is 11.8 Å². The highest BCUT2D eigenvalue weighted by Gasteiger charge is 2.08. The van der Waals surface area contributed by atoms with Crippen molar-refractivity contribution in [3.63, 3.8) is 0 Å². The van der Waals surface area contributed by atoms with E-state index in [1.807, 2.05) is 36.4 Å². The van der Waals surface area contributed by atoms with Gasteiger partial charge in [0, 0.05) is 11.6 Å². The van der Waals surface area contributed by atoms with Crippen LogP contribution in [-0.2, 0) is 17.8 Å². The number of amides is 1. The van der Waals surface area contributed by atoms with Crippen molar-refractivity contribution < 1.29 is 9.53 Å². The molecule has 3 rings (SSSR count). The van der Waals surface area contributed by atoms with Crippen molar-refractivity contribution in [2.45, 2.75) is 19.4 Å². The van der Waals surface area contributed by atoms with Crippen molar-refractivity contribution in [1.29, 1.82) is 5.26 Å². The summed E-state index contributed by atoms with van der Waals surface area (Å²) in [4.78, 5) is 11.4. The molecule has 3 aromatic carbocycles. The molecule has 0 saturated carbocycles. The summed E-state index contributed by atoms with van der Waals surface area (Å²) in [5.74, 6) is 0.458. The average molecular weight is 379 g/mol. The van der Waals surface area contributed by atoms with Crippen molar-refractivity contribution in [3.05, 3.63) is 76.8 Å². The number of nitriles is 1. The molecule has 0 aromatic heterocycles. The van der Waals surface area contributed by atoms with Gasteiger partial charge in [-0.2, -0.15) is 5.26 Å². The average Bonchev–Trinajstić information content (AvgIpc) is 2.67. The fourth-order valence-electron chi connectivity index (χ4n) is 2.93. The van der Waals surface area contributed by atoms with Gasteiger partial charge in [0.15, 0.2) is 0 Å². The molecular weight excluding hydrogens is 360 g/mol. The fourth-order valence-corrected chi connectivity index (χ4v) is 3.12. The van der Waals surface area contributed by atoms with E-state index in [-0.39, 0.29) is 12.3 Å². The third kappa shape index (κ3) is 4.99. The Morgan fingerprint density at radius 3 is 2.74 bits per heavy atom. The molecule has 27 heavy (non-hydrogen) atoms. The number of benzene rings is 3. The second-order valence-corrected chi connectivity index (χ2v) is 6.55. The van der Waals surface area contributed by atoms with Crippen LogP contribution in [0.25, 0.3) is 10.8 Å². The first-order chi connectivity index (χ1) is 13.2. The van der Waals surface area contributed by atoms with E-state index in [2.05, 4.69) is 29.6 Å². The first-order valence-electron chi connectivity index (χ1n) is 8.69. The Kier molecular flexibility index (Phi) is 6.30. The molecule has 0 fully saturated rings. The lowest BCUT2D eigenvalue weighted by atomic mass is 10.1. The van der Waals surface area contributed by atoms with Crippen molar-refractivity contribution in [2.24, 2.45) is 0 Å². The Hall–Kier alpha value is -3.03. The largest absolute Gasteiger partial charge is 0.489 e. The summed E-state index contributed by atoms with van der Waals surface area (Å²) < 4.78 is 6.07. The number of fused-ring (bicyclic) bond motifs is 1. The molecule has 0 aliphatic carbocycles. The molecule has 0 bridgehead atoms. The number of nitrogens with one attached hydrogen (secondary N) is 1. The van der Waals surface area contributed by atoms with Crippen LogP contribution in [-0.4, -0.2) is 12.5 Å². The Morgan fingerprint density at radius 2 is 1.89 bits per heavy atom. The molecular formula is C22H19ClN2O2. The van der Waals surface area contributed by atoms with Crippen LogP contribution in [0.5, 0.6) is 5.75 Å². The zero-order valence-electron chi connectivity index (χ0n) is 14.7. The Bertz CT molecular complexity index is 990. The molecule has 0 unspecified atom stereocenters. The van der Waals surface area contributed by atoms with Gasteiger partial charge in [-0.25, -0.2) is 0 Å². The van der Waals surface area contributed by atoms with Crippen molar-refractivity contribution in [2.75, 3.05) is 6.54 Å². The quantitative estimate of drug-likeness (QED) is 0.651. The highest BCUT2D eigenvalue weighted by Crippen LogP contribution is 2.26. The van der Waals surface area contributed by atoms with Crippen LogP contribution in [0.2, 0.25) is 5.02 Å². The van der Waals surface area contributed by atoms with Crippen LogP contribution >= 0.6 is 11.6 Å². The van der Waals surface area contributed by atoms with Crippen LogP contribution < -0.4 is 10.1 Å². The van der Waals surface area contributed by atoms with Gasteiger partial charge in [0.2, 0.25) is 5.91 Å². The maximum atomic E-state index is 11.4. The van der Waals surface area contributed by atoms with E-state index in [0.717, 1.165) is 16.9 Å². The maximum absolute atomic E-state index is 11.4. The van der Waals surface area contributed by atoms with Gasteiger partial charge in [0.05, 0.1) is 6.07 Å². The lowest BCUT2D eigenvalue weighted by Gasteiger charge is -2.14. The van der Waals surface area contributed by atoms with E-state index in [0.29, 0.717) is 24.6 Å². The zero-order chi connectivity index (χ0) is 19.1. The molecule has 136 valence electrons. The number of ether oxygens (including phenoxy) is 1. The molecule has 5 heteroatoms. The summed E-state index contributed by atoms with van der Waals surface area (Å²) in [6, 6.07) is 21.7. The molecule has 1 amide bonds. The van der Waals surface area contributed by atoms with Crippen LogP contribution in [0.4, 0.5) is 0 Å². The Balaban J connectivity index is 1.71. The first kappa shape index (κ1) is 18.8. The second kappa shape index (κ2) is 9.07. The molecule has 0 spiro atoms. The Labute approximate surface area is 163 Å². The van der Waals surface area contributed by atoms with Gasteiger partial charge in [-0.1, -0.05) is 54.1 Å². The van der Waals surface area contributed by atoms with Gasteiger partial charge in [-0.3, -0.25) is 4.79 Å². The van der Waals surface area contributed by atoms with E-state index in [4.69, 9.17) is 21.6 Å². The van der Waals surface area contributed by atoms with Crippen LogP contribution in [0.1, 0.15) is 17.5 Å². The Morgan fingerprint density at radius 1 is 1.07 bits per heavy atom. The number of carbonyl (C=O) groups excluding carboxylic acids is 1. The summed E-state index contributed by atoms with van der Waals surface area (Å²) in [5.41, 5.74) is 2.02. The second-order valence-electron chi connectivity index (χ2n) is 6.11. The summed E-state index contributed by atoms with van der Waals surface area (Å²) >= 11 is 6.12. The standard InChI is InChI=1S/C22H19ClN2O2/c23-19-8-9-21(17(14-19)11-13-25-22(26)10-12-24)27-15-18-6-3-5-16-4-1-2-7-20(16)18/h1-9,14H,10-11,13,15H2,(H,25,26). The molecule has 0 saturated heterocycles. The number of carbonyl (C=O) groups is 1. The van der Waals surface area contributed by atoms with E-state index in [1.54, 1.807) is 6.07 Å². The number of nitrogens with zero attached hydrogens (tertiary/aromatic N) is 1. The monoisotopic (exact) mass is 378 g/mol. The van der Waals surface area contributed by atoms with Gasteiger partial charge >= 0.3 is 0 Å². The minimum absolute atomic E-state index is 0.139. The number of hydrogen-bond acceptors (Lipinski definition) is 3. The van der Waals surface area contributed by atoms with Gasteiger partial charge < -0.3 is 10.1 Å². The topological polar surface area (TPSA) is 62.1 Å². The van der Waals surface area contributed by atoms with E-state index in [1.165, 1.54) is 10.8 Å². The minimum atomic E-state index is -0.280. The van der Waals surface area contributed by atoms with Crippen molar-refractivity contribution in [1.82, 2.24) is 5.32 Å². The molecule has 0 aliphatic heterocycles. The van der Waals surface area contributed by atoms with Gasteiger partial charge in [0.25, 0.3) is 0 Å². The molecule has 0 aliphatic rings. The molecule has 4 nitrogen and oxygen atoms in total. The molecule has 0 radical (unpaired) electrons. The highest BCUT2D eigenvalue weighted by molar-refractivity contribution is 6.30. The number of rotatable bonds is 7. The van der Waals surface area contributed by atoms with E-state index in [9.17, 15) is 4.79 Å². The third-order valence-electron chi connectivity index (χ3n) is 4.24. The smallest absolute Gasteiger partial charge is 0.234 e. The lowest BCUT2D eigenvalue weighted by molar-refractivity contribution is -0.120. The summed E-state index contributed by atoms with van der Waals surface area (Å²) in [7, 11) is 0. The number of hydrogen-bond donors (Lipinski definition) is 1. The highest BCUT2D eigenvalue weighted by atomic mass is 35.5. The van der Waals surface area contributed by atoms with Gasteiger partial charge in [-0.05, 0) is 46.5 Å². The molecule has 3 aromatic rings. The van der Waals surface area contributed by atoms with Crippen molar-refractivity contribution >= 4 is 28.3 Å². The first-order valence-corrected chi connectivity index (χ1v) is 9.06. The van der Waals surface area contributed by atoms with Crippen LogP contribution in [0.15, 0.2) is 60.7 Å². The summed E-state index contributed by atoms with van der Waals surface area (Å²) in [5, 5.41) is 14.2. The fraction of sp³-hybridized carbons (Fsp3) is 0.182. The predicted molar refractivity (Wildman–Crippen MR) is 107 cm³/mol. The lowest BCUT2D eigenvalue weighted by Crippen LogP contribution is -2.25. The summed E-state index contributed by atoms with van der Waals surface area (Å²) in [6.07, 6.45) is 0.433. The molecule has 0 atom stereocenters. The van der Waals surface area contributed by atoms with E-state index < -0.39 is 0 Å². The zero-order valence-corrected chi connectivity index (χ0v) is 15.5. The predicted octanol–water partition coefficient (Wildman–Crippen LogP) is 4.64. The molecule has 1 N–H and O–H groups in total.